The number of ether oxygens (including phenoxy) is 1. The number of para-hydroxylation sites is 1. The highest BCUT2D eigenvalue weighted by molar-refractivity contribution is 5.70. The molecule has 92 valence electrons. The van der Waals surface area contributed by atoms with Crippen LogP contribution in [-0.2, 0) is 6.54 Å². The van der Waals surface area contributed by atoms with Crippen LogP contribution in [-0.4, -0.2) is 11.2 Å². The maximum atomic E-state index is 11.5. The van der Waals surface area contributed by atoms with Crippen LogP contribution in [0.2, 0.25) is 0 Å². The number of amides is 1. The van der Waals surface area contributed by atoms with Crippen LogP contribution in [0, 0.1) is 0 Å². The second kappa shape index (κ2) is 5.72. The van der Waals surface area contributed by atoms with Crippen LogP contribution in [0.5, 0.6) is 11.5 Å². The summed E-state index contributed by atoms with van der Waals surface area (Å²) in [4.78, 5) is 11.5. The number of rotatable bonds is 3. The van der Waals surface area contributed by atoms with Crippen molar-refractivity contribution in [1.29, 1.82) is 0 Å². The van der Waals surface area contributed by atoms with E-state index in [-0.39, 0.29) is 5.75 Å². The van der Waals surface area contributed by atoms with Crippen LogP contribution in [0.4, 0.5) is 4.79 Å². The Morgan fingerprint density at radius 3 is 2.39 bits per heavy atom. The molecule has 0 fully saturated rings. The smallest absolute Gasteiger partial charge is 0.412 e. The number of carbonyl (C=O) groups is 1. The Morgan fingerprint density at radius 2 is 1.72 bits per heavy atom. The molecule has 0 saturated heterocycles. The van der Waals surface area contributed by atoms with Crippen molar-refractivity contribution in [2.24, 2.45) is 0 Å². The average molecular weight is 243 g/mol. The van der Waals surface area contributed by atoms with Crippen LogP contribution in [0.1, 0.15) is 5.56 Å². The molecule has 0 spiro atoms. The maximum absolute atomic E-state index is 11.5. The fraction of sp³-hybridized carbons (Fsp3) is 0.0714. The fourth-order valence-electron chi connectivity index (χ4n) is 1.42. The van der Waals surface area contributed by atoms with Crippen molar-refractivity contribution in [3.63, 3.8) is 0 Å². The number of phenolic OH excluding ortho intramolecular Hbond substituents is 1. The van der Waals surface area contributed by atoms with Gasteiger partial charge in [0.1, 0.15) is 11.5 Å². The second-order valence-corrected chi connectivity index (χ2v) is 3.72. The molecule has 0 saturated carbocycles. The first-order valence-corrected chi connectivity index (χ1v) is 5.53. The van der Waals surface area contributed by atoms with Crippen molar-refractivity contribution in [3.8, 4) is 11.5 Å². The highest BCUT2D eigenvalue weighted by Gasteiger charge is 2.03. The summed E-state index contributed by atoms with van der Waals surface area (Å²) in [6.45, 7) is 0.353. The minimum atomic E-state index is -0.505. The van der Waals surface area contributed by atoms with Crippen molar-refractivity contribution in [1.82, 2.24) is 5.32 Å². The third-order valence-corrected chi connectivity index (χ3v) is 2.33. The number of hydrogen-bond donors (Lipinski definition) is 2. The molecule has 4 heteroatoms. The number of nitrogens with one attached hydrogen (secondary N) is 1. The van der Waals surface area contributed by atoms with Gasteiger partial charge in [0, 0.05) is 6.54 Å². The van der Waals surface area contributed by atoms with Crippen molar-refractivity contribution in [2.75, 3.05) is 0 Å². The largest absolute Gasteiger partial charge is 0.508 e. The van der Waals surface area contributed by atoms with Crippen molar-refractivity contribution >= 4 is 6.09 Å². The number of benzene rings is 2. The van der Waals surface area contributed by atoms with E-state index in [1.807, 2.05) is 6.07 Å². The van der Waals surface area contributed by atoms with Gasteiger partial charge in [0.2, 0.25) is 0 Å². The van der Waals surface area contributed by atoms with Gasteiger partial charge in [0.15, 0.2) is 0 Å². The SMILES string of the molecule is O=C(NCc1ccc(O)cc1)Oc1ccccc1. The lowest BCUT2D eigenvalue weighted by Gasteiger charge is -2.06. The molecule has 0 aromatic heterocycles. The summed E-state index contributed by atoms with van der Waals surface area (Å²) in [6, 6.07) is 15.5. The van der Waals surface area contributed by atoms with Crippen LogP contribution in [0.3, 0.4) is 0 Å². The molecule has 0 heterocycles. The van der Waals surface area contributed by atoms with Crippen LogP contribution >= 0.6 is 0 Å². The predicted octanol–water partition coefficient (Wildman–Crippen LogP) is 2.68. The molecule has 2 rings (SSSR count). The number of carbonyl (C=O) groups excluding carboxylic acids is 1. The molecular weight excluding hydrogens is 230 g/mol. The van der Waals surface area contributed by atoms with E-state index in [0.717, 1.165) is 5.56 Å². The Balaban J connectivity index is 1.83. The Hall–Kier alpha value is -2.49. The molecule has 4 nitrogen and oxygen atoms in total. The van der Waals surface area contributed by atoms with E-state index in [0.29, 0.717) is 12.3 Å². The molecule has 2 aromatic rings. The summed E-state index contributed by atoms with van der Waals surface area (Å²) in [5, 5.41) is 11.7. The first-order valence-electron chi connectivity index (χ1n) is 5.53. The average Bonchev–Trinajstić information content (AvgIpc) is 2.39. The van der Waals surface area contributed by atoms with Crippen molar-refractivity contribution < 1.29 is 14.6 Å². The van der Waals surface area contributed by atoms with Gasteiger partial charge in [0.05, 0.1) is 0 Å². The van der Waals surface area contributed by atoms with Crippen LogP contribution < -0.4 is 10.1 Å². The van der Waals surface area contributed by atoms with Gasteiger partial charge in [-0.05, 0) is 29.8 Å². The first-order chi connectivity index (χ1) is 8.74. The molecule has 0 atom stereocenters. The minimum absolute atomic E-state index is 0.200. The zero-order valence-corrected chi connectivity index (χ0v) is 9.67. The minimum Gasteiger partial charge on any atom is -0.508 e. The van der Waals surface area contributed by atoms with E-state index in [1.54, 1.807) is 48.5 Å². The van der Waals surface area contributed by atoms with Crippen LogP contribution in [0.15, 0.2) is 54.6 Å². The quantitative estimate of drug-likeness (QED) is 0.871. The molecule has 0 aliphatic rings. The fourth-order valence-corrected chi connectivity index (χ4v) is 1.42. The lowest BCUT2D eigenvalue weighted by molar-refractivity contribution is 0.200. The Bertz CT molecular complexity index is 508. The summed E-state index contributed by atoms with van der Waals surface area (Å²) in [5.41, 5.74) is 0.887. The molecule has 0 bridgehead atoms. The molecule has 0 radical (unpaired) electrons. The number of hydrogen-bond acceptors (Lipinski definition) is 3. The Kier molecular flexibility index (Phi) is 3.81. The molecule has 2 N–H and O–H groups in total. The first kappa shape index (κ1) is 12.0. The maximum Gasteiger partial charge on any atom is 0.412 e. The van der Waals surface area contributed by atoms with E-state index < -0.39 is 6.09 Å². The summed E-state index contributed by atoms with van der Waals surface area (Å²) >= 11 is 0. The zero-order valence-electron chi connectivity index (χ0n) is 9.67. The van der Waals surface area contributed by atoms with Crippen molar-refractivity contribution in [2.45, 2.75) is 6.54 Å². The van der Waals surface area contributed by atoms with E-state index in [1.165, 1.54) is 0 Å². The Morgan fingerprint density at radius 1 is 1.06 bits per heavy atom. The monoisotopic (exact) mass is 243 g/mol. The molecule has 1 amide bonds. The third-order valence-electron chi connectivity index (χ3n) is 2.33. The van der Waals surface area contributed by atoms with Gasteiger partial charge >= 0.3 is 6.09 Å². The van der Waals surface area contributed by atoms with E-state index in [4.69, 9.17) is 9.84 Å². The molecule has 2 aromatic carbocycles. The van der Waals surface area contributed by atoms with Gasteiger partial charge in [-0.25, -0.2) is 4.79 Å². The van der Waals surface area contributed by atoms with Gasteiger partial charge in [-0.15, -0.1) is 0 Å². The zero-order chi connectivity index (χ0) is 12.8. The lowest BCUT2D eigenvalue weighted by Crippen LogP contribution is -2.26. The number of phenols is 1. The highest BCUT2D eigenvalue weighted by atomic mass is 16.5. The predicted molar refractivity (Wildman–Crippen MR) is 67.4 cm³/mol. The van der Waals surface area contributed by atoms with Gasteiger partial charge in [-0.2, -0.15) is 0 Å². The normalized spacial score (nSPS) is 9.78. The topological polar surface area (TPSA) is 58.6 Å². The van der Waals surface area contributed by atoms with E-state index >= 15 is 0 Å². The highest BCUT2D eigenvalue weighted by Crippen LogP contribution is 2.10. The van der Waals surface area contributed by atoms with Gasteiger partial charge in [-0.3, -0.25) is 0 Å². The van der Waals surface area contributed by atoms with Gasteiger partial charge in [-0.1, -0.05) is 30.3 Å². The van der Waals surface area contributed by atoms with Gasteiger partial charge < -0.3 is 15.2 Å². The summed E-state index contributed by atoms with van der Waals surface area (Å²) in [7, 11) is 0. The molecule has 0 aliphatic carbocycles. The molecule has 0 unspecified atom stereocenters. The summed E-state index contributed by atoms with van der Waals surface area (Å²) < 4.78 is 5.06. The summed E-state index contributed by atoms with van der Waals surface area (Å²) in [6.07, 6.45) is -0.505. The Labute approximate surface area is 105 Å². The number of aromatic hydroxyl groups is 1. The molecular formula is C14H13NO3. The lowest BCUT2D eigenvalue weighted by atomic mass is 10.2. The standard InChI is InChI=1S/C14H13NO3/c16-12-8-6-11(7-9-12)10-15-14(17)18-13-4-2-1-3-5-13/h1-9,16H,10H2,(H,15,17). The second-order valence-electron chi connectivity index (χ2n) is 3.72. The molecule has 0 aliphatic heterocycles. The van der Waals surface area contributed by atoms with Gasteiger partial charge in [0.25, 0.3) is 0 Å². The summed E-state index contributed by atoms with van der Waals surface area (Å²) in [5.74, 6) is 0.700. The van der Waals surface area contributed by atoms with E-state index in [2.05, 4.69) is 5.32 Å². The van der Waals surface area contributed by atoms with Crippen LogP contribution in [0.25, 0.3) is 0 Å². The molecule has 18 heavy (non-hydrogen) atoms. The third kappa shape index (κ3) is 3.52. The van der Waals surface area contributed by atoms with E-state index in [9.17, 15) is 4.79 Å². The van der Waals surface area contributed by atoms with Crippen molar-refractivity contribution in [3.05, 3.63) is 60.2 Å².